The summed E-state index contributed by atoms with van der Waals surface area (Å²) in [5.74, 6) is 1.33. The van der Waals surface area contributed by atoms with Crippen molar-refractivity contribution in [1.29, 1.82) is 0 Å². The van der Waals surface area contributed by atoms with Gasteiger partial charge >= 0.3 is 0 Å². The summed E-state index contributed by atoms with van der Waals surface area (Å²) < 4.78 is 0. The molecule has 2 nitrogen and oxygen atoms in total. The monoisotopic (exact) mass is 246 g/mol. The zero-order valence-electron chi connectivity index (χ0n) is 11.5. The SMILES string of the molecule is CC(CN)CNc1ccc(C2CCCCC2)cc1. The van der Waals surface area contributed by atoms with Crippen LogP contribution in [-0.2, 0) is 0 Å². The number of hydrogen-bond acceptors (Lipinski definition) is 2. The van der Waals surface area contributed by atoms with Gasteiger partial charge in [-0.15, -0.1) is 0 Å². The van der Waals surface area contributed by atoms with Gasteiger partial charge in [0.25, 0.3) is 0 Å². The summed E-state index contributed by atoms with van der Waals surface area (Å²) in [6, 6.07) is 9.03. The van der Waals surface area contributed by atoms with Crippen LogP contribution in [0.5, 0.6) is 0 Å². The van der Waals surface area contributed by atoms with Crippen molar-refractivity contribution >= 4 is 5.69 Å². The second-order valence-electron chi connectivity index (χ2n) is 5.68. The molecule has 0 spiro atoms. The Kier molecular flexibility index (Phi) is 5.06. The lowest BCUT2D eigenvalue weighted by Gasteiger charge is -2.22. The largest absolute Gasteiger partial charge is 0.385 e. The first-order valence-corrected chi connectivity index (χ1v) is 7.33. The van der Waals surface area contributed by atoms with E-state index in [2.05, 4.69) is 36.5 Å². The molecule has 1 aromatic carbocycles. The van der Waals surface area contributed by atoms with Gasteiger partial charge in [0.1, 0.15) is 0 Å². The summed E-state index contributed by atoms with van der Waals surface area (Å²) in [6.45, 7) is 3.87. The smallest absolute Gasteiger partial charge is 0.0340 e. The lowest BCUT2D eigenvalue weighted by atomic mass is 9.84. The summed E-state index contributed by atoms with van der Waals surface area (Å²) >= 11 is 0. The fraction of sp³-hybridized carbons (Fsp3) is 0.625. The van der Waals surface area contributed by atoms with Crippen LogP contribution in [0.25, 0.3) is 0 Å². The van der Waals surface area contributed by atoms with Gasteiger partial charge in [-0.1, -0.05) is 38.3 Å². The molecular weight excluding hydrogens is 220 g/mol. The van der Waals surface area contributed by atoms with E-state index in [0.29, 0.717) is 5.92 Å². The van der Waals surface area contributed by atoms with Gasteiger partial charge in [0, 0.05) is 12.2 Å². The molecule has 18 heavy (non-hydrogen) atoms. The van der Waals surface area contributed by atoms with Crippen molar-refractivity contribution in [1.82, 2.24) is 0 Å². The lowest BCUT2D eigenvalue weighted by molar-refractivity contribution is 0.443. The second kappa shape index (κ2) is 6.79. The van der Waals surface area contributed by atoms with Crippen molar-refractivity contribution in [2.45, 2.75) is 44.9 Å². The molecule has 100 valence electrons. The molecule has 0 saturated heterocycles. The Morgan fingerprint density at radius 1 is 1.17 bits per heavy atom. The summed E-state index contributed by atoms with van der Waals surface area (Å²) in [5.41, 5.74) is 8.36. The topological polar surface area (TPSA) is 38.0 Å². The van der Waals surface area contributed by atoms with Crippen LogP contribution in [0, 0.1) is 5.92 Å². The highest BCUT2D eigenvalue weighted by atomic mass is 14.9. The second-order valence-corrected chi connectivity index (χ2v) is 5.68. The minimum Gasteiger partial charge on any atom is -0.385 e. The Bertz CT molecular complexity index is 339. The maximum Gasteiger partial charge on any atom is 0.0340 e. The molecule has 0 radical (unpaired) electrons. The van der Waals surface area contributed by atoms with E-state index < -0.39 is 0 Å². The van der Waals surface area contributed by atoms with Crippen LogP contribution in [0.2, 0.25) is 0 Å². The molecule has 1 atom stereocenters. The summed E-state index contributed by atoms with van der Waals surface area (Å²) in [5, 5.41) is 3.45. The normalized spacial score (nSPS) is 18.6. The van der Waals surface area contributed by atoms with Gasteiger partial charge in [0.05, 0.1) is 0 Å². The van der Waals surface area contributed by atoms with Gasteiger partial charge < -0.3 is 11.1 Å². The van der Waals surface area contributed by atoms with Crippen LogP contribution in [0.15, 0.2) is 24.3 Å². The average Bonchev–Trinajstić information content (AvgIpc) is 2.46. The van der Waals surface area contributed by atoms with Crippen molar-refractivity contribution in [3.05, 3.63) is 29.8 Å². The summed E-state index contributed by atoms with van der Waals surface area (Å²) in [6.07, 6.45) is 6.97. The first kappa shape index (κ1) is 13.4. The number of anilines is 1. The van der Waals surface area contributed by atoms with Crippen LogP contribution >= 0.6 is 0 Å². The van der Waals surface area contributed by atoms with Crippen molar-refractivity contribution in [2.24, 2.45) is 11.7 Å². The van der Waals surface area contributed by atoms with Crippen LogP contribution < -0.4 is 11.1 Å². The molecule has 1 saturated carbocycles. The average molecular weight is 246 g/mol. The summed E-state index contributed by atoms with van der Waals surface area (Å²) in [4.78, 5) is 0. The first-order valence-electron chi connectivity index (χ1n) is 7.33. The molecule has 1 unspecified atom stereocenters. The van der Waals surface area contributed by atoms with Gasteiger partial charge in [-0.2, -0.15) is 0 Å². The van der Waals surface area contributed by atoms with Crippen molar-refractivity contribution < 1.29 is 0 Å². The standard InChI is InChI=1S/C16H26N2/c1-13(11-17)12-18-16-9-7-15(8-10-16)14-5-3-2-4-6-14/h7-10,13-14,18H,2-6,11-12,17H2,1H3. The quantitative estimate of drug-likeness (QED) is 0.830. The Morgan fingerprint density at radius 3 is 2.44 bits per heavy atom. The maximum absolute atomic E-state index is 5.62. The van der Waals surface area contributed by atoms with Gasteiger partial charge in [-0.25, -0.2) is 0 Å². The van der Waals surface area contributed by atoms with Crippen LogP contribution in [0.1, 0.15) is 50.5 Å². The number of nitrogens with two attached hydrogens (primary N) is 1. The molecule has 1 aromatic rings. The number of benzene rings is 1. The van der Waals surface area contributed by atoms with Gasteiger partial charge in [-0.05, 0) is 48.9 Å². The Balaban J connectivity index is 1.88. The van der Waals surface area contributed by atoms with Crippen molar-refractivity contribution in [2.75, 3.05) is 18.4 Å². The van der Waals surface area contributed by atoms with E-state index in [1.165, 1.54) is 43.4 Å². The lowest BCUT2D eigenvalue weighted by Crippen LogP contribution is -2.19. The number of nitrogens with one attached hydrogen (secondary N) is 1. The van der Waals surface area contributed by atoms with E-state index in [1.54, 1.807) is 0 Å². The van der Waals surface area contributed by atoms with Gasteiger partial charge in [0.2, 0.25) is 0 Å². The maximum atomic E-state index is 5.62. The van der Waals surface area contributed by atoms with Crippen LogP contribution in [0.3, 0.4) is 0 Å². The number of rotatable bonds is 5. The van der Waals surface area contributed by atoms with Gasteiger partial charge in [-0.3, -0.25) is 0 Å². The van der Waals surface area contributed by atoms with Crippen molar-refractivity contribution in [3.63, 3.8) is 0 Å². The van der Waals surface area contributed by atoms with E-state index in [9.17, 15) is 0 Å². The van der Waals surface area contributed by atoms with Gasteiger partial charge in [0.15, 0.2) is 0 Å². The third-order valence-corrected chi connectivity index (χ3v) is 4.04. The number of hydrogen-bond donors (Lipinski definition) is 2. The molecular formula is C16H26N2. The minimum absolute atomic E-state index is 0.531. The molecule has 0 bridgehead atoms. The molecule has 3 N–H and O–H groups in total. The summed E-state index contributed by atoms with van der Waals surface area (Å²) in [7, 11) is 0. The highest BCUT2D eigenvalue weighted by Gasteiger charge is 2.14. The molecule has 0 amide bonds. The zero-order chi connectivity index (χ0) is 12.8. The third-order valence-electron chi connectivity index (χ3n) is 4.04. The van der Waals surface area contributed by atoms with E-state index in [0.717, 1.165) is 19.0 Å². The molecule has 0 aliphatic heterocycles. The van der Waals surface area contributed by atoms with Crippen molar-refractivity contribution in [3.8, 4) is 0 Å². The molecule has 1 aliphatic rings. The molecule has 0 heterocycles. The van der Waals surface area contributed by atoms with Crippen LogP contribution in [-0.4, -0.2) is 13.1 Å². The first-order chi connectivity index (χ1) is 8.79. The molecule has 2 heteroatoms. The Morgan fingerprint density at radius 2 is 1.83 bits per heavy atom. The fourth-order valence-corrected chi connectivity index (χ4v) is 2.68. The Hall–Kier alpha value is -1.02. The molecule has 1 fully saturated rings. The van der Waals surface area contributed by atoms with E-state index in [-0.39, 0.29) is 0 Å². The van der Waals surface area contributed by atoms with Crippen LogP contribution in [0.4, 0.5) is 5.69 Å². The van der Waals surface area contributed by atoms with E-state index in [4.69, 9.17) is 5.73 Å². The third kappa shape index (κ3) is 3.74. The molecule has 1 aliphatic carbocycles. The predicted octanol–water partition coefficient (Wildman–Crippen LogP) is 3.74. The van der Waals surface area contributed by atoms with E-state index >= 15 is 0 Å². The minimum atomic E-state index is 0.531. The van der Waals surface area contributed by atoms with E-state index in [1.807, 2.05) is 0 Å². The highest BCUT2D eigenvalue weighted by molar-refractivity contribution is 5.45. The fourth-order valence-electron chi connectivity index (χ4n) is 2.68. The predicted molar refractivity (Wildman–Crippen MR) is 79.0 cm³/mol. The molecule has 0 aromatic heterocycles. The highest BCUT2D eigenvalue weighted by Crippen LogP contribution is 2.32. The Labute approximate surface area is 111 Å². The zero-order valence-corrected chi connectivity index (χ0v) is 11.5. The molecule has 2 rings (SSSR count).